The molecule has 4 rings (SSSR count). The minimum absolute atomic E-state index is 0.204. The Labute approximate surface area is 242 Å². The molecular weight excluding hydrogens is 616 g/mol. The van der Waals surface area contributed by atoms with Crippen molar-refractivity contribution in [3.05, 3.63) is 131 Å². The Bertz CT molecular complexity index is 1410. The van der Waals surface area contributed by atoms with Gasteiger partial charge in [0, 0.05) is 11.4 Å². The van der Waals surface area contributed by atoms with Crippen molar-refractivity contribution in [2.75, 3.05) is 11.5 Å². The highest BCUT2D eigenvalue weighted by Gasteiger charge is 2.73. The third-order valence-electron chi connectivity index (χ3n) is 6.75. The van der Waals surface area contributed by atoms with Crippen molar-refractivity contribution in [2.24, 2.45) is 0 Å². The molecule has 0 aromatic heterocycles. The van der Waals surface area contributed by atoms with Crippen molar-refractivity contribution in [3.8, 4) is 0 Å². The van der Waals surface area contributed by atoms with Crippen LogP contribution in [-0.4, -0.2) is 24.7 Å². The van der Waals surface area contributed by atoms with E-state index in [2.05, 4.69) is 0 Å². The van der Waals surface area contributed by atoms with Crippen molar-refractivity contribution in [3.63, 3.8) is 0 Å². The van der Waals surface area contributed by atoms with E-state index in [1.165, 1.54) is 24.3 Å². The zero-order valence-corrected chi connectivity index (χ0v) is 22.1. The van der Waals surface area contributed by atoms with Crippen LogP contribution in [0.4, 0.5) is 64.1 Å². The van der Waals surface area contributed by atoms with Crippen LogP contribution in [-0.2, 0) is 10.8 Å². The maximum atomic E-state index is 13.7. The predicted octanol–water partition coefficient (Wildman–Crippen LogP) is 9.36. The summed E-state index contributed by atoms with van der Waals surface area (Å²) < 4.78 is 163. The molecule has 0 aliphatic rings. The summed E-state index contributed by atoms with van der Waals surface area (Å²) in [7, 11) is 0. The van der Waals surface area contributed by atoms with E-state index in [-0.39, 0.29) is 11.4 Å². The van der Waals surface area contributed by atoms with Gasteiger partial charge in [0.05, 0.1) is 0 Å². The standard InChI is InChI=1S/C15H12F6N2.C15H10F6/c16-14(17,18)13(15(19,20)21,9-3-1-5-11(22)7-9)10-4-2-6-12(23)8-10;16-14(17,18)13(15(19,20)21,11-7-3-1-4-8-11)12-9-5-2-6-10-12/h1-8H,22-23H2;1-10H. The fourth-order valence-corrected chi connectivity index (χ4v) is 4.88. The highest BCUT2D eigenvalue weighted by molar-refractivity contribution is 5.54. The largest absolute Gasteiger partial charge is 0.411 e. The Balaban J connectivity index is 0.000000241. The van der Waals surface area contributed by atoms with Crippen LogP contribution in [0.3, 0.4) is 0 Å². The molecule has 0 atom stereocenters. The number of rotatable bonds is 4. The Kier molecular flexibility index (Phi) is 9.28. The maximum absolute atomic E-state index is 13.7. The zero-order chi connectivity index (χ0) is 33.2. The second-order valence-electron chi connectivity index (χ2n) is 9.47. The van der Waals surface area contributed by atoms with Gasteiger partial charge in [0.2, 0.25) is 10.8 Å². The predicted molar refractivity (Wildman–Crippen MR) is 140 cm³/mol. The van der Waals surface area contributed by atoms with Gasteiger partial charge in [-0.1, -0.05) is 84.9 Å². The lowest BCUT2D eigenvalue weighted by atomic mass is 9.72. The Morgan fingerprint density at radius 2 is 0.568 bits per heavy atom. The molecule has 44 heavy (non-hydrogen) atoms. The van der Waals surface area contributed by atoms with Gasteiger partial charge in [-0.15, -0.1) is 0 Å². The van der Waals surface area contributed by atoms with Crippen molar-refractivity contribution < 1.29 is 52.7 Å². The molecule has 14 heteroatoms. The van der Waals surface area contributed by atoms with Crippen molar-refractivity contribution in [2.45, 2.75) is 35.5 Å². The highest BCUT2D eigenvalue weighted by Crippen LogP contribution is 2.57. The molecule has 0 bridgehead atoms. The molecule has 4 aromatic rings. The Hall–Kier alpha value is -4.36. The molecule has 0 saturated carbocycles. The van der Waals surface area contributed by atoms with E-state index >= 15 is 0 Å². The number of nitrogens with two attached hydrogens (primary N) is 2. The van der Waals surface area contributed by atoms with Crippen LogP contribution in [0, 0.1) is 0 Å². The third kappa shape index (κ3) is 6.02. The molecule has 0 saturated heterocycles. The van der Waals surface area contributed by atoms with E-state index in [0.717, 1.165) is 72.8 Å². The summed E-state index contributed by atoms with van der Waals surface area (Å²) >= 11 is 0. The van der Waals surface area contributed by atoms with Gasteiger partial charge in [0.25, 0.3) is 0 Å². The summed E-state index contributed by atoms with van der Waals surface area (Å²) in [6, 6.07) is 18.1. The summed E-state index contributed by atoms with van der Waals surface area (Å²) in [4.78, 5) is 0. The smallest absolute Gasteiger partial charge is 0.399 e. The first-order chi connectivity index (χ1) is 20.2. The third-order valence-corrected chi connectivity index (χ3v) is 6.75. The number of nitrogen functional groups attached to an aromatic ring is 2. The van der Waals surface area contributed by atoms with E-state index in [0.29, 0.717) is 12.1 Å². The minimum atomic E-state index is -5.65. The van der Waals surface area contributed by atoms with Gasteiger partial charge in [-0.05, 0) is 46.5 Å². The number of hydrogen-bond acceptors (Lipinski definition) is 2. The number of halogens is 12. The van der Waals surface area contributed by atoms with Gasteiger partial charge >= 0.3 is 24.7 Å². The molecule has 0 unspecified atom stereocenters. The van der Waals surface area contributed by atoms with E-state index < -0.39 is 57.8 Å². The van der Waals surface area contributed by atoms with Gasteiger partial charge in [-0.2, -0.15) is 52.7 Å². The van der Waals surface area contributed by atoms with Crippen LogP contribution in [0.15, 0.2) is 109 Å². The topological polar surface area (TPSA) is 52.0 Å². The fraction of sp³-hybridized carbons (Fsp3) is 0.200. The van der Waals surface area contributed by atoms with Crippen LogP contribution < -0.4 is 11.5 Å². The van der Waals surface area contributed by atoms with Crippen LogP contribution in [0.25, 0.3) is 0 Å². The quantitative estimate of drug-likeness (QED) is 0.173. The molecule has 4 N–H and O–H groups in total. The lowest BCUT2D eigenvalue weighted by molar-refractivity contribution is -0.290. The SMILES string of the molecule is FC(F)(F)C(c1ccccc1)(c1ccccc1)C(F)(F)F.Nc1cccc(C(c2cccc(N)c2)(C(F)(F)F)C(F)(F)F)c1. The highest BCUT2D eigenvalue weighted by atomic mass is 19.4. The molecule has 0 heterocycles. The van der Waals surface area contributed by atoms with Crippen LogP contribution in [0.1, 0.15) is 22.3 Å². The van der Waals surface area contributed by atoms with E-state index in [9.17, 15) is 52.7 Å². The van der Waals surface area contributed by atoms with Gasteiger partial charge in [-0.25, -0.2) is 0 Å². The number of alkyl halides is 12. The molecule has 4 aromatic carbocycles. The number of benzene rings is 4. The normalized spacial score (nSPS) is 13.2. The van der Waals surface area contributed by atoms with Crippen molar-refractivity contribution in [1.29, 1.82) is 0 Å². The van der Waals surface area contributed by atoms with E-state index in [1.54, 1.807) is 0 Å². The molecule has 0 aliphatic carbocycles. The molecule has 236 valence electrons. The number of hydrogen-bond donors (Lipinski definition) is 2. The lowest BCUT2D eigenvalue weighted by Gasteiger charge is -2.38. The first kappa shape index (κ1) is 34.1. The monoisotopic (exact) mass is 638 g/mol. The van der Waals surface area contributed by atoms with E-state index in [4.69, 9.17) is 11.5 Å². The van der Waals surface area contributed by atoms with Crippen molar-refractivity contribution >= 4 is 11.4 Å². The fourth-order valence-electron chi connectivity index (χ4n) is 4.88. The maximum Gasteiger partial charge on any atom is 0.411 e. The average Bonchev–Trinajstić information content (AvgIpc) is 2.88. The van der Waals surface area contributed by atoms with Gasteiger partial charge in [0.1, 0.15) is 0 Å². The zero-order valence-electron chi connectivity index (χ0n) is 22.1. The second-order valence-corrected chi connectivity index (χ2v) is 9.47. The molecule has 0 spiro atoms. The van der Waals surface area contributed by atoms with Gasteiger partial charge in [-0.3, -0.25) is 0 Å². The Morgan fingerprint density at radius 3 is 0.818 bits per heavy atom. The minimum Gasteiger partial charge on any atom is -0.399 e. The summed E-state index contributed by atoms with van der Waals surface area (Å²) in [5, 5.41) is 0. The lowest BCUT2D eigenvalue weighted by Crippen LogP contribution is -2.54. The first-order valence-corrected chi connectivity index (χ1v) is 12.3. The molecule has 0 fully saturated rings. The van der Waals surface area contributed by atoms with Crippen molar-refractivity contribution in [1.82, 2.24) is 0 Å². The summed E-state index contributed by atoms with van der Waals surface area (Å²) in [6.07, 6.45) is -22.3. The van der Waals surface area contributed by atoms with Crippen LogP contribution in [0.5, 0.6) is 0 Å². The molecule has 0 aliphatic heterocycles. The van der Waals surface area contributed by atoms with Gasteiger partial charge in [0.15, 0.2) is 0 Å². The average molecular weight is 638 g/mol. The number of anilines is 2. The van der Waals surface area contributed by atoms with E-state index in [1.807, 2.05) is 0 Å². The summed E-state index contributed by atoms with van der Waals surface area (Å²) in [5.74, 6) is 0. The van der Waals surface area contributed by atoms with Crippen LogP contribution >= 0.6 is 0 Å². The molecule has 2 nitrogen and oxygen atoms in total. The summed E-state index contributed by atoms with van der Waals surface area (Å²) in [5.41, 5.74) is -1.61. The molecular formula is C30H22F12N2. The van der Waals surface area contributed by atoms with Crippen LogP contribution in [0.2, 0.25) is 0 Å². The molecule has 0 radical (unpaired) electrons. The Morgan fingerprint density at radius 1 is 0.318 bits per heavy atom. The first-order valence-electron chi connectivity index (χ1n) is 12.3. The summed E-state index contributed by atoms with van der Waals surface area (Å²) in [6.45, 7) is 0. The van der Waals surface area contributed by atoms with Gasteiger partial charge < -0.3 is 11.5 Å². The second kappa shape index (κ2) is 12.0. The molecule has 0 amide bonds.